The second-order valence-corrected chi connectivity index (χ2v) is 10.4. The Balaban J connectivity index is 1.42. The fourth-order valence-electron chi connectivity index (χ4n) is 4.12. The molecule has 4 rings (SSSR count). The van der Waals surface area contributed by atoms with Crippen LogP contribution in [0.1, 0.15) is 33.0 Å². The van der Waals surface area contributed by atoms with Crippen molar-refractivity contribution in [2.75, 3.05) is 32.7 Å². The summed E-state index contributed by atoms with van der Waals surface area (Å²) < 4.78 is 13.3. The topological polar surface area (TPSA) is 81.3 Å². The highest BCUT2D eigenvalue weighted by molar-refractivity contribution is 7.17. The van der Waals surface area contributed by atoms with Gasteiger partial charge in [0.2, 0.25) is 5.91 Å². The minimum atomic E-state index is -0.307. The molecule has 0 unspecified atom stereocenters. The van der Waals surface area contributed by atoms with Crippen molar-refractivity contribution in [2.24, 2.45) is 0 Å². The Hall–Kier alpha value is -2.62. The third kappa shape index (κ3) is 6.04. The predicted molar refractivity (Wildman–Crippen MR) is 130 cm³/mol. The Labute approximate surface area is 196 Å². The maximum atomic E-state index is 13.3. The van der Waals surface area contributed by atoms with Gasteiger partial charge in [-0.2, -0.15) is 0 Å². The van der Waals surface area contributed by atoms with Crippen LogP contribution in [0.25, 0.3) is 21.3 Å². The fourth-order valence-corrected chi connectivity index (χ4v) is 5.09. The molecule has 0 atom stereocenters. The first kappa shape index (κ1) is 23.5. The molecule has 33 heavy (non-hydrogen) atoms. The van der Waals surface area contributed by atoms with Crippen LogP contribution in [0.5, 0.6) is 0 Å². The molecule has 7 nitrogen and oxygen atoms in total. The molecule has 2 N–H and O–H groups in total. The zero-order valence-corrected chi connectivity index (χ0v) is 20.1. The van der Waals surface area contributed by atoms with Crippen LogP contribution >= 0.6 is 11.3 Å². The van der Waals surface area contributed by atoms with Crippen molar-refractivity contribution in [3.05, 3.63) is 51.6 Å². The molecule has 1 saturated heterocycles. The van der Waals surface area contributed by atoms with Crippen molar-refractivity contribution in [1.29, 1.82) is 0 Å². The third-order valence-electron chi connectivity index (χ3n) is 5.58. The zero-order valence-electron chi connectivity index (χ0n) is 19.3. The lowest BCUT2D eigenvalue weighted by Gasteiger charge is -2.25. The number of nitrogens with zero attached hydrogens (tertiary/aromatic N) is 3. The fraction of sp³-hybridized carbons (Fsp3) is 0.458. The molecule has 0 aliphatic carbocycles. The van der Waals surface area contributed by atoms with Crippen molar-refractivity contribution >= 4 is 27.5 Å². The Morgan fingerprint density at radius 2 is 1.85 bits per heavy atom. The van der Waals surface area contributed by atoms with E-state index in [1.165, 1.54) is 23.5 Å². The monoisotopic (exact) mass is 471 g/mol. The molecule has 1 aliphatic rings. The number of aromatic nitrogens is 2. The number of fused-ring (bicyclic) bond motifs is 1. The van der Waals surface area contributed by atoms with E-state index in [0.29, 0.717) is 29.1 Å². The predicted octanol–water partition coefficient (Wildman–Crippen LogP) is 3.21. The third-order valence-corrected chi connectivity index (χ3v) is 6.46. The smallest absolute Gasteiger partial charge is 0.260 e. The van der Waals surface area contributed by atoms with Gasteiger partial charge in [-0.1, -0.05) is 12.1 Å². The van der Waals surface area contributed by atoms with Gasteiger partial charge in [-0.3, -0.25) is 19.4 Å². The highest BCUT2D eigenvalue weighted by atomic mass is 32.1. The van der Waals surface area contributed by atoms with E-state index in [2.05, 4.69) is 20.1 Å². The number of nitrogens with one attached hydrogen (secondary N) is 2. The summed E-state index contributed by atoms with van der Waals surface area (Å²) >= 11 is 1.42. The van der Waals surface area contributed by atoms with Crippen LogP contribution in [0.15, 0.2) is 34.4 Å². The molecule has 3 aromatic rings. The summed E-state index contributed by atoms with van der Waals surface area (Å²) in [4.78, 5) is 37.9. The highest BCUT2D eigenvalue weighted by Crippen LogP contribution is 2.30. The number of carbonyl (C=O) groups excluding carboxylic acids is 1. The van der Waals surface area contributed by atoms with Crippen LogP contribution in [-0.2, 0) is 11.3 Å². The van der Waals surface area contributed by atoms with Crippen molar-refractivity contribution < 1.29 is 9.18 Å². The molecule has 3 heterocycles. The number of halogens is 1. The van der Waals surface area contributed by atoms with Gasteiger partial charge in [0.1, 0.15) is 16.5 Å². The summed E-state index contributed by atoms with van der Waals surface area (Å²) in [5.41, 5.74) is 1.16. The highest BCUT2D eigenvalue weighted by Gasteiger charge is 2.21. The number of benzene rings is 1. The summed E-state index contributed by atoms with van der Waals surface area (Å²) in [7, 11) is 0. The lowest BCUT2D eigenvalue weighted by molar-refractivity contribution is -0.123. The van der Waals surface area contributed by atoms with Crippen LogP contribution in [0, 0.1) is 5.82 Å². The summed E-state index contributed by atoms with van der Waals surface area (Å²) in [5, 5.41) is 5.46. The van der Waals surface area contributed by atoms with Gasteiger partial charge in [0.15, 0.2) is 0 Å². The van der Waals surface area contributed by atoms with Crippen molar-refractivity contribution in [3.63, 3.8) is 0 Å². The molecule has 0 radical (unpaired) electrons. The van der Waals surface area contributed by atoms with E-state index >= 15 is 0 Å². The number of H-pyrrole nitrogens is 1. The average molecular weight is 472 g/mol. The van der Waals surface area contributed by atoms with Gasteiger partial charge >= 0.3 is 0 Å². The molecular weight excluding hydrogens is 441 g/mol. The van der Waals surface area contributed by atoms with E-state index in [9.17, 15) is 14.0 Å². The zero-order chi connectivity index (χ0) is 23.6. The first-order valence-corrected chi connectivity index (χ1v) is 12.1. The van der Waals surface area contributed by atoms with E-state index in [0.717, 1.165) is 43.7 Å². The van der Waals surface area contributed by atoms with Crippen molar-refractivity contribution in [3.8, 4) is 11.1 Å². The standard InChI is InChI=1S/C24H30FN5O2S/c1-24(2,3)28-20(31)14-30-10-4-9-29(11-12-30)13-19-26-22(32)21-18(15-33-23(21)27-19)16-5-7-17(25)8-6-16/h5-8,15H,4,9-14H2,1-3H3,(H,28,31)(H,26,27,32). The van der Waals surface area contributed by atoms with Crippen LogP contribution in [0.4, 0.5) is 4.39 Å². The number of amides is 1. The Bertz CT molecular complexity index is 1180. The van der Waals surface area contributed by atoms with Gasteiger partial charge < -0.3 is 10.3 Å². The van der Waals surface area contributed by atoms with Crippen LogP contribution in [0.2, 0.25) is 0 Å². The molecule has 0 spiro atoms. The number of rotatable bonds is 5. The lowest BCUT2D eigenvalue weighted by Crippen LogP contribution is -2.46. The van der Waals surface area contributed by atoms with E-state index in [4.69, 9.17) is 4.98 Å². The van der Waals surface area contributed by atoms with Gasteiger partial charge in [-0.15, -0.1) is 11.3 Å². The van der Waals surface area contributed by atoms with Crippen LogP contribution in [-0.4, -0.2) is 63.9 Å². The molecule has 1 amide bonds. The van der Waals surface area contributed by atoms with Gasteiger partial charge in [-0.25, -0.2) is 9.37 Å². The Morgan fingerprint density at radius 1 is 1.15 bits per heavy atom. The summed E-state index contributed by atoms with van der Waals surface area (Å²) in [5.74, 6) is 0.374. The molecule has 2 aromatic heterocycles. The van der Waals surface area contributed by atoms with E-state index in [1.54, 1.807) is 12.1 Å². The maximum absolute atomic E-state index is 13.3. The maximum Gasteiger partial charge on any atom is 0.260 e. The summed E-state index contributed by atoms with van der Waals surface area (Å²) in [6.07, 6.45) is 0.947. The number of hydrogen-bond donors (Lipinski definition) is 2. The van der Waals surface area contributed by atoms with Gasteiger partial charge in [0, 0.05) is 29.6 Å². The van der Waals surface area contributed by atoms with Crippen molar-refractivity contribution in [2.45, 2.75) is 39.3 Å². The number of aromatic amines is 1. The number of thiophene rings is 1. The molecule has 176 valence electrons. The normalized spacial score (nSPS) is 16.1. The Kier molecular flexibility index (Phi) is 6.92. The van der Waals surface area contributed by atoms with Crippen LogP contribution < -0.4 is 10.9 Å². The second-order valence-electron chi connectivity index (χ2n) is 9.55. The largest absolute Gasteiger partial charge is 0.350 e. The molecule has 9 heteroatoms. The first-order valence-electron chi connectivity index (χ1n) is 11.2. The quantitative estimate of drug-likeness (QED) is 0.597. The Morgan fingerprint density at radius 3 is 2.58 bits per heavy atom. The molecule has 1 aliphatic heterocycles. The van der Waals surface area contributed by atoms with E-state index in [-0.39, 0.29) is 22.8 Å². The van der Waals surface area contributed by atoms with E-state index < -0.39 is 0 Å². The summed E-state index contributed by atoms with van der Waals surface area (Å²) in [6, 6.07) is 6.14. The molecule has 0 saturated carbocycles. The number of hydrogen-bond acceptors (Lipinski definition) is 6. The second kappa shape index (κ2) is 9.70. The minimum Gasteiger partial charge on any atom is -0.350 e. The minimum absolute atomic E-state index is 0.0436. The van der Waals surface area contributed by atoms with E-state index in [1.807, 2.05) is 26.2 Å². The van der Waals surface area contributed by atoms with Crippen molar-refractivity contribution in [1.82, 2.24) is 25.1 Å². The van der Waals surface area contributed by atoms with Gasteiger partial charge in [-0.05, 0) is 58.0 Å². The molecule has 0 bridgehead atoms. The summed E-state index contributed by atoms with van der Waals surface area (Å²) in [6.45, 7) is 10.2. The lowest BCUT2D eigenvalue weighted by atomic mass is 10.1. The molecule has 1 aromatic carbocycles. The van der Waals surface area contributed by atoms with Gasteiger partial charge in [0.25, 0.3) is 5.56 Å². The molecular formula is C24H30FN5O2S. The van der Waals surface area contributed by atoms with Crippen LogP contribution in [0.3, 0.4) is 0 Å². The van der Waals surface area contributed by atoms with Gasteiger partial charge in [0.05, 0.1) is 18.5 Å². The molecule has 1 fully saturated rings. The average Bonchev–Trinajstić information content (AvgIpc) is 3.03. The first-order chi connectivity index (χ1) is 15.7. The number of carbonyl (C=O) groups is 1. The SMILES string of the molecule is CC(C)(C)NC(=O)CN1CCCN(Cc2nc3scc(-c4ccc(F)cc4)c3c(=O)[nH]2)CC1.